The lowest BCUT2D eigenvalue weighted by Gasteiger charge is -2.32. The van der Waals surface area contributed by atoms with Crippen LogP contribution in [0.15, 0.2) is 52.4 Å². The fourth-order valence-electron chi connectivity index (χ4n) is 3.49. The summed E-state index contributed by atoms with van der Waals surface area (Å²) in [7, 11) is -3.37. The van der Waals surface area contributed by atoms with Gasteiger partial charge >= 0.3 is 0 Å². The summed E-state index contributed by atoms with van der Waals surface area (Å²) in [5.74, 6) is 0.898. The maximum absolute atomic E-state index is 12.7. The third kappa shape index (κ3) is 3.08. The van der Waals surface area contributed by atoms with E-state index < -0.39 is 10.0 Å². The zero-order chi connectivity index (χ0) is 18.1. The Morgan fingerprint density at radius 2 is 1.96 bits per heavy atom. The summed E-state index contributed by atoms with van der Waals surface area (Å²) in [6.07, 6.45) is 6.98. The second-order valence-electron chi connectivity index (χ2n) is 6.40. The average Bonchev–Trinajstić information content (AvgIpc) is 3.33. The molecule has 0 bridgehead atoms. The van der Waals surface area contributed by atoms with Crippen LogP contribution in [0.25, 0.3) is 11.4 Å². The highest BCUT2D eigenvalue weighted by atomic mass is 32.2. The van der Waals surface area contributed by atoms with Crippen molar-refractivity contribution < 1.29 is 8.42 Å². The first-order valence-electron chi connectivity index (χ1n) is 8.55. The quantitative estimate of drug-likeness (QED) is 0.687. The van der Waals surface area contributed by atoms with Crippen LogP contribution in [-0.2, 0) is 10.0 Å². The van der Waals surface area contributed by atoms with Crippen LogP contribution in [-0.4, -0.2) is 40.3 Å². The number of nitrogens with zero attached hydrogens (tertiary/aromatic N) is 4. The van der Waals surface area contributed by atoms with Crippen molar-refractivity contribution in [2.75, 3.05) is 13.1 Å². The van der Waals surface area contributed by atoms with Crippen molar-refractivity contribution in [2.45, 2.75) is 30.0 Å². The third-order valence-electron chi connectivity index (χ3n) is 4.78. The molecular weight excluding hydrogens is 368 g/mol. The van der Waals surface area contributed by atoms with Crippen molar-refractivity contribution in [3.63, 3.8) is 0 Å². The lowest BCUT2D eigenvalue weighted by Crippen LogP contribution is -2.39. The summed E-state index contributed by atoms with van der Waals surface area (Å²) in [4.78, 5) is 8.75. The molecule has 0 atom stereocenters. The highest BCUT2D eigenvalue weighted by molar-refractivity contribution is 7.91. The van der Waals surface area contributed by atoms with E-state index in [0.717, 1.165) is 29.9 Å². The number of thiophene rings is 1. The zero-order valence-electron chi connectivity index (χ0n) is 14.4. The monoisotopic (exact) mass is 388 g/mol. The highest BCUT2D eigenvalue weighted by Gasteiger charge is 2.31. The number of aromatic nitrogens is 3. The molecule has 0 saturated carbocycles. The average molecular weight is 389 g/mol. The molecule has 136 valence electrons. The van der Waals surface area contributed by atoms with E-state index in [1.165, 1.54) is 11.3 Å². The first-order chi connectivity index (χ1) is 12.6. The minimum atomic E-state index is -3.37. The molecule has 0 unspecified atom stereocenters. The van der Waals surface area contributed by atoms with Crippen LogP contribution < -0.4 is 0 Å². The smallest absolute Gasteiger partial charge is 0.252 e. The van der Waals surface area contributed by atoms with Crippen molar-refractivity contribution in [1.29, 1.82) is 0 Å². The molecule has 6 nitrogen and oxygen atoms in total. The Balaban J connectivity index is 1.56. The number of imidazole rings is 1. The van der Waals surface area contributed by atoms with Crippen LogP contribution in [0.2, 0.25) is 0 Å². The van der Waals surface area contributed by atoms with Crippen LogP contribution in [0, 0.1) is 6.92 Å². The van der Waals surface area contributed by atoms with Gasteiger partial charge < -0.3 is 4.57 Å². The summed E-state index contributed by atoms with van der Waals surface area (Å²) in [5.41, 5.74) is 2.07. The van der Waals surface area contributed by atoms with Gasteiger partial charge in [-0.2, -0.15) is 4.31 Å². The molecule has 0 spiro atoms. The van der Waals surface area contributed by atoms with Crippen LogP contribution in [0.1, 0.15) is 24.6 Å². The standard InChI is InChI=1S/C18H20N4O2S2/c1-14-12-20-18(15-4-2-8-19-13-15)22(14)16-6-9-21(10-7-16)26(23,24)17-5-3-11-25-17/h2-5,8,11-13,16H,6-7,9-10H2,1H3. The molecule has 1 fully saturated rings. The Morgan fingerprint density at radius 1 is 1.15 bits per heavy atom. The minimum absolute atomic E-state index is 0.238. The second kappa shape index (κ2) is 6.94. The van der Waals surface area contributed by atoms with Gasteiger partial charge in [0.25, 0.3) is 10.0 Å². The molecular formula is C18H20N4O2S2. The Hall–Kier alpha value is -2.03. The molecule has 1 aliphatic rings. The summed E-state index contributed by atoms with van der Waals surface area (Å²) in [5, 5.41) is 1.80. The maximum Gasteiger partial charge on any atom is 0.252 e. The van der Waals surface area contributed by atoms with E-state index in [1.54, 1.807) is 28.0 Å². The number of sulfonamides is 1. The molecule has 3 aromatic rings. The molecule has 26 heavy (non-hydrogen) atoms. The summed E-state index contributed by atoms with van der Waals surface area (Å²) >= 11 is 1.27. The normalized spacial score (nSPS) is 16.8. The number of pyridine rings is 1. The molecule has 4 rings (SSSR count). The fourth-order valence-corrected chi connectivity index (χ4v) is 6.11. The summed E-state index contributed by atoms with van der Waals surface area (Å²) in [6, 6.07) is 7.59. The summed E-state index contributed by atoms with van der Waals surface area (Å²) < 4.78 is 29.7. The van der Waals surface area contributed by atoms with Gasteiger partial charge in [0.1, 0.15) is 10.0 Å². The molecule has 0 aliphatic carbocycles. The molecule has 0 aromatic carbocycles. The van der Waals surface area contributed by atoms with Crippen LogP contribution >= 0.6 is 11.3 Å². The van der Waals surface area contributed by atoms with Gasteiger partial charge in [-0.15, -0.1) is 11.3 Å². The predicted octanol–water partition coefficient (Wildman–Crippen LogP) is 3.34. The predicted molar refractivity (Wildman–Crippen MR) is 102 cm³/mol. The number of hydrogen-bond donors (Lipinski definition) is 0. The Bertz CT molecular complexity index is 974. The van der Waals surface area contributed by atoms with Crippen molar-refractivity contribution in [1.82, 2.24) is 18.8 Å². The second-order valence-corrected chi connectivity index (χ2v) is 9.51. The molecule has 1 aliphatic heterocycles. The molecule has 4 heterocycles. The summed E-state index contributed by atoms with van der Waals surface area (Å²) in [6.45, 7) is 3.09. The topological polar surface area (TPSA) is 68.1 Å². The van der Waals surface area contributed by atoms with Crippen molar-refractivity contribution in [2.24, 2.45) is 0 Å². The molecule has 3 aromatic heterocycles. The lowest BCUT2D eigenvalue weighted by molar-refractivity contribution is 0.273. The van der Waals surface area contributed by atoms with E-state index in [4.69, 9.17) is 0 Å². The van der Waals surface area contributed by atoms with Gasteiger partial charge in [-0.05, 0) is 43.3 Å². The van der Waals surface area contributed by atoms with Gasteiger partial charge in [-0.1, -0.05) is 6.07 Å². The maximum atomic E-state index is 12.7. The van der Waals surface area contributed by atoms with Crippen LogP contribution in [0.3, 0.4) is 0 Å². The molecule has 0 amide bonds. The highest BCUT2D eigenvalue weighted by Crippen LogP contribution is 2.32. The first-order valence-corrected chi connectivity index (χ1v) is 10.9. The number of hydrogen-bond acceptors (Lipinski definition) is 5. The Kier molecular flexibility index (Phi) is 4.64. The fraction of sp³-hybridized carbons (Fsp3) is 0.333. The van der Waals surface area contributed by atoms with E-state index in [-0.39, 0.29) is 6.04 Å². The Labute approximate surface area is 157 Å². The van der Waals surface area contributed by atoms with Gasteiger partial charge in [0, 0.05) is 49.0 Å². The van der Waals surface area contributed by atoms with Crippen molar-refractivity contribution in [3.05, 3.63) is 53.9 Å². The van der Waals surface area contributed by atoms with Gasteiger partial charge in [-0.3, -0.25) is 4.98 Å². The van der Waals surface area contributed by atoms with Gasteiger partial charge in [-0.25, -0.2) is 13.4 Å². The Morgan fingerprint density at radius 3 is 2.62 bits per heavy atom. The lowest BCUT2D eigenvalue weighted by atomic mass is 10.1. The largest absolute Gasteiger partial charge is 0.325 e. The molecule has 0 N–H and O–H groups in total. The molecule has 0 radical (unpaired) electrons. The number of piperidine rings is 1. The first kappa shape index (κ1) is 17.4. The van der Waals surface area contributed by atoms with Gasteiger partial charge in [0.2, 0.25) is 0 Å². The number of aryl methyl sites for hydroxylation is 1. The zero-order valence-corrected chi connectivity index (χ0v) is 16.1. The SMILES string of the molecule is Cc1cnc(-c2cccnc2)n1C1CCN(S(=O)(=O)c2cccs2)CC1. The molecule has 8 heteroatoms. The van der Waals surface area contributed by atoms with Crippen molar-refractivity contribution in [3.8, 4) is 11.4 Å². The van der Waals surface area contributed by atoms with Gasteiger partial charge in [0.15, 0.2) is 0 Å². The molecule has 1 saturated heterocycles. The van der Waals surface area contributed by atoms with Crippen LogP contribution in [0.4, 0.5) is 0 Å². The van der Waals surface area contributed by atoms with E-state index in [0.29, 0.717) is 17.3 Å². The van der Waals surface area contributed by atoms with Crippen LogP contribution in [0.5, 0.6) is 0 Å². The number of rotatable bonds is 4. The van der Waals surface area contributed by atoms with Crippen molar-refractivity contribution >= 4 is 21.4 Å². The van der Waals surface area contributed by atoms with E-state index in [2.05, 4.69) is 14.5 Å². The van der Waals surface area contributed by atoms with E-state index in [9.17, 15) is 8.42 Å². The van der Waals surface area contributed by atoms with E-state index in [1.807, 2.05) is 31.5 Å². The van der Waals surface area contributed by atoms with E-state index >= 15 is 0 Å². The third-order valence-corrected chi connectivity index (χ3v) is 8.05. The van der Waals surface area contributed by atoms with Gasteiger partial charge in [0.05, 0.1) is 0 Å². The minimum Gasteiger partial charge on any atom is -0.325 e.